The number of hydrogen-bond donors (Lipinski definition) is 0. The minimum atomic E-state index is 0.0515. The fourth-order valence-corrected chi connectivity index (χ4v) is 3.43. The third kappa shape index (κ3) is 2.21. The third-order valence-corrected chi connectivity index (χ3v) is 4.75. The molecule has 0 saturated heterocycles. The zero-order valence-corrected chi connectivity index (χ0v) is 12.0. The Morgan fingerprint density at radius 1 is 1.22 bits per heavy atom. The molecule has 1 aromatic rings. The molecule has 0 spiro atoms. The molecule has 1 unspecified atom stereocenters. The van der Waals surface area contributed by atoms with Crippen LogP contribution in [-0.2, 0) is 5.75 Å². The number of thioether (sulfide) groups is 1. The van der Waals surface area contributed by atoms with Gasteiger partial charge in [0.05, 0.1) is 19.5 Å². The van der Waals surface area contributed by atoms with Crippen LogP contribution in [0.15, 0.2) is 12.1 Å². The highest BCUT2D eigenvalue weighted by Gasteiger charge is 2.31. The Morgan fingerprint density at radius 3 is 2.39 bits per heavy atom. The number of rotatable bonds is 3. The van der Waals surface area contributed by atoms with Crippen LogP contribution in [-0.4, -0.2) is 25.3 Å². The topological polar surface area (TPSA) is 35.5 Å². The van der Waals surface area contributed by atoms with E-state index in [-0.39, 0.29) is 11.0 Å². The van der Waals surface area contributed by atoms with Gasteiger partial charge in [0.2, 0.25) is 0 Å². The average molecular weight is 266 g/mol. The van der Waals surface area contributed by atoms with Crippen LogP contribution in [0.4, 0.5) is 0 Å². The van der Waals surface area contributed by atoms with Crippen molar-refractivity contribution in [3.05, 3.63) is 23.3 Å². The number of carbonyl (C=O) groups excluding carboxylic acids is 1. The second-order valence-corrected chi connectivity index (χ2v) is 5.83. The number of benzene rings is 1. The summed E-state index contributed by atoms with van der Waals surface area (Å²) in [7, 11) is 3.20. The fraction of sp³-hybridized carbons (Fsp3) is 0.500. The summed E-state index contributed by atoms with van der Waals surface area (Å²) in [4.78, 5) is 12.4. The summed E-state index contributed by atoms with van der Waals surface area (Å²) in [5.74, 6) is 2.72. The first-order chi connectivity index (χ1) is 8.58. The molecule has 0 aromatic heterocycles. The Balaban J connectivity index is 2.45. The lowest BCUT2D eigenvalue weighted by molar-refractivity contribution is 0.0972. The van der Waals surface area contributed by atoms with Gasteiger partial charge in [-0.2, -0.15) is 0 Å². The Bertz CT molecular complexity index is 468. The van der Waals surface area contributed by atoms with E-state index >= 15 is 0 Å². The van der Waals surface area contributed by atoms with Crippen LogP contribution in [0.3, 0.4) is 0 Å². The van der Waals surface area contributed by atoms with Gasteiger partial charge in [0.1, 0.15) is 0 Å². The number of Topliss-reactive ketones (excluding diaryl/α,β-unsaturated/α-hetero) is 1. The first-order valence-corrected chi connectivity index (χ1v) is 7.04. The van der Waals surface area contributed by atoms with Crippen LogP contribution in [0.1, 0.15) is 29.8 Å². The lowest BCUT2D eigenvalue weighted by Crippen LogP contribution is -2.28. The quantitative estimate of drug-likeness (QED) is 0.842. The van der Waals surface area contributed by atoms with Gasteiger partial charge in [-0.1, -0.05) is 13.8 Å². The fourth-order valence-electron chi connectivity index (χ4n) is 2.17. The van der Waals surface area contributed by atoms with Crippen LogP contribution in [0.25, 0.3) is 0 Å². The molecule has 1 aliphatic heterocycles. The molecule has 0 radical (unpaired) electrons. The monoisotopic (exact) mass is 266 g/mol. The highest BCUT2D eigenvalue weighted by Crippen LogP contribution is 2.39. The number of ether oxygens (including phenoxy) is 2. The molecule has 2 rings (SSSR count). The normalized spacial score (nSPS) is 18.7. The molecule has 1 heterocycles. The maximum absolute atomic E-state index is 12.4. The van der Waals surface area contributed by atoms with Crippen LogP contribution in [0.2, 0.25) is 0 Å². The molecule has 0 amide bonds. The second kappa shape index (κ2) is 5.22. The highest BCUT2D eigenvalue weighted by atomic mass is 32.2. The van der Waals surface area contributed by atoms with Crippen LogP contribution >= 0.6 is 11.8 Å². The van der Waals surface area contributed by atoms with Gasteiger partial charge in [-0.15, -0.1) is 11.8 Å². The van der Waals surface area contributed by atoms with E-state index in [0.29, 0.717) is 17.4 Å². The predicted molar refractivity (Wildman–Crippen MR) is 73.8 cm³/mol. The largest absolute Gasteiger partial charge is 0.493 e. The number of hydrogen-bond acceptors (Lipinski definition) is 4. The van der Waals surface area contributed by atoms with Gasteiger partial charge in [0.25, 0.3) is 0 Å². The van der Waals surface area contributed by atoms with Gasteiger partial charge in [0, 0.05) is 11.3 Å². The Kier molecular flexibility index (Phi) is 3.85. The first-order valence-electron chi connectivity index (χ1n) is 5.99. The third-order valence-electron chi connectivity index (χ3n) is 3.16. The summed E-state index contributed by atoms with van der Waals surface area (Å²) < 4.78 is 10.5. The zero-order chi connectivity index (χ0) is 13.3. The summed E-state index contributed by atoms with van der Waals surface area (Å²) in [6, 6.07) is 3.72. The first kappa shape index (κ1) is 13.3. The molecular formula is C14H18O3S. The summed E-state index contributed by atoms with van der Waals surface area (Å²) in [5, 5.41) is 0.0515. The molecule has 0 fully saturated rings. The summed E-state index contributed by atoms with van der Waals surface area (Å²) in [5.41, 5.74) is 1.82. The molecule has 0 aliphatic carbocycles. The minimum absolute atomic E-state index is 0.0515. The van der Waals surface area contributed by atoms with Crippen molar-refractivity contribution in [2.45, 2.75) is 24.9 Å². The highest BCUT2D eigenvalue weighted by molar-refractivity contribution is 8.00. The van der Waals surface area contributed by atoms with Gasteiger partial charge >= 0.3 is 0 Å². The molecule has 1 aromatic carbocycles. The Morgan fingerprint density at radius 2 is 1.83 bits per heavy atom. The number of ketones is 1. The van der Waals surface area contributed by atoms with Crippen molar-refractivity contribution in [1.82, 2.24) is 0 Å². The number of fused-ring (bicyclic) bond motifs is 1. The standard InChI is InChI=1S/C14H18O3S/c1-8(2)14-13(15)10-6-12(17-4)11(16-3)5-9(10)7-18-14/h5-6,8,14H,7H2,1-4H3. The molecule has 0 N–H and O–H groups in total. The SMILES string of the molecule is COc1cc2c(cc1OC)C(=O)C(C(C)C)SC2. The van der Waals surface area contributed by atoms with Gasteiger partial charge in [-0.05, 0) is 23.6 Å². The molecule has 1 aliphatic rings. The maximum atomic E-state index is 12.4. The summed E-state index contributed by atoms with van der Waals surface area (Å²) in [6.07, 6.45) is 0. The Labute approximate surface area is 112 Å². The molecular weight excluding hydrogens is 248 g/mol. The molecule has 0 bridgehead atoms. The predicted octanol–water partition coefficient (Wildman–Crippen LogP) is 3.16. The van der Waals surface area contributed by atoms with E-state index in [0.717, 1.165) is 16.9 Å². The van der Waals surface area contributed by atoms with Crippen molar-refractivity contribution < 1.29 is 14.3 Å². The zero-order valence-electron chi connectivity index (χ0n) is 11.1. The number of carbonyl (C=O) groups is 1. The van der Waals surface area contributed by atoms with E-state index in [1.165, 1.54) is 0 Å². The van der Waals surface area contributed by atoms with Gasteiger partial charge < -0.3 is 9.47 Å². The summed E-state index contributed by atoms with van der Waals surface area (Å²) in [6.45, 7) is 4.17. The van der Waals surface area contributed by atoms with Crippen LogP contribution < -0.4 is 9.47 Å². The molecule has 4 heteroatoms. The van der Waals surface area contributed by atoms with Crippen molar-refractivity contribution >= 4 is 17.5 Å². The lowest BCUT2D eigenvalue weighted by Gasteiger charge is -2.26. The van der Waals surface area contributed by atoms with Crippen LogP contribution in [0, 0.1) is 5.92 Å². The maximum Gasteiger partial charge on any atom is 0.176 e. The van der Waals surface area contributed by atoms with Crippen molar-refractivity contribution in [3.8, 4) is 11.5 Å². The minimum Gasteiger partial charge on any atom is -0.493 e. The van der Waals surface area contributed by atoms with Crippen molar-refractivity contribution in [2.75, 3.05) is 14.2 Å². The Hall–Kier alpha value is -1.16. The second-order valence-electron chi connectivity index (χ2n) is 4.70. The smallest absolute Gasteiger partial charge is 0.176 e. The van der Waals surface area contributed by atoms with Crippen LogP contribution in [0.5, 0.6) is 11.5 Å². The van der Waals surface area contributed by atoms with E-state index < -0.39 is 0 Å². The van der Waals surface area contributed by atoms with Gasteiger partial charge in [-0.25, -0.2) is 0 Å². The van der Waals surface area contributed by atoms with Gasteiger partial charge in [-0.3, -0.25) is 4.79 Å². The van der Waals surface area contributed by atoms with E-state index in [2.05, 4.69) is 13.8 Å². The van der Waals surface area contributed by atoms with Gasteiger partial charge in [0.15, 0.2) is 17.3 Å². The molecule has 0 saturated carbocycles. The van der Waals surface area contributed by atoms with Crippen molar-refractivity contribution in [1.29, 1.82) is 0 Å². The lowest BCUT2D eigenvalue weighted by atomic mass is 9.96. The molecule has 18 heavy (non-hydrogen) atoms. The van der Waals surface area contributed by atoms with Crippen molar-refractivity contribution in [2.24, 2.45) is 5.92 Å². The average Bonchev–Trinajstić information content (AvgIpc) is 2.37. The molecule has 98 valence electrons. The van der Waals surface area contributed by atoms with E-state index in [4.69, 9.17) is 9.47 Å². The summed E-state index contributed by atoms with van der Waals surface area (Å²) >= 11 is 1.71. The van der Waals surface area contributed by atoms with E-state index in [1.807, 2.05) is 12.1 Å². The van der Waals surface area contributed by atoms with E-state index in [9.17, 15) is 4.79 Å². The van der Waals surface area contributed by atoms with Crippen molar-refractivity contribution in [3.63, 3.8) is 0 Å². The number of methoxy groups -OCH3 is 2. The van der Waals surface area contributed by atoms with E-state index in [1.54, 1.807) is 26.0 Å². The molecule has 3 nitrogen and oxygen atoms in total. The molecule has 1 atom stereocenters.